The van der Waals surface area contributed by atoms with Crippen LogP contribution in [0.15, 0.2) is 24.3 Å². The maximum atomic E-state index is 12.2. The van der Waals surface area contributed by atoms with Crippen molar-refractivity contribution in [2.45, 2.75) is 19.9 Å². The van der Waals surface area contributed by atoms with Gasteiger partial charge in [0, 0.05) is 4.88 Å². The van der Waals surface area contributed by atoms with Crippen molar-refractivity contribution in [3.8, 4) is 11.5 Å². The molecule has 0 bridgehead atoms. The Morgan fingerprint density at radius 2 is 2.04 bits per heavy atom. The van der Waals surface area contributed by atoms with E-state index in [0.29, 0.717) is 16.3 Å². The number of ether oxygens (including phenoxy) is 1. The molecular formula is C16H19N3O4S. The fraction of sp³-hybridized carbons (Fsp3) is 0.250. The molecule has 24 heavy (non-hydrogen) atoms. The first-order valence-corrected chi connectivity index (χ1v) is 7.98. The Labute approximate surface area is 143 Å². The van der Waals surface area contributed by atoms with Crippen LogP contribution in [0, 0.1) is 6.92 Å². The normalized spacial score (nSPS) is 11.6. The number of aryl methyl sites for hydroxylation is 1. The van der Waals surface area contributed by atoms with Crippen molar-refractivity contribution in [2.24, 2.45) is 5.73 Å². The fourth-order valence-electron chi connectivity index (χ4n) is 2.14. The van der Waals surface area contributed by atoms with Crippen molar-refractivity contribution in [3.63, 3.8) is 0 Å². The maximum Gasteiger partial charge on any atom is 0.319 e. The summed E-state index contributed by atoms with van der Waals surface area (Å²) >= 11 is 1.04. The van der Waals surface area contributed by atoms with E-state index in [1.807, 2.05) is 13.0 Å². The van der Waals surface area contributed by atoms with Crippen LogP contribution in [0.4, 0.5) is 10.5 Å². The molecule has 0 aliphatic carbocycles. The first kappa shape index (κ1) is 17.6. The second-order valence-electron chi connectivity index (χ2n) is 5.25. The largest absolute Gasteiger partial charge is 0.506 e. The number of hydrogen-bond donors (Lipinski definition) is 4. The first-order valence-electron chi connectivity index (χ1n) is 7.16. The third kappa shape index (κ3) is 3.96. The molecule has 1 heterocycles. The summed E-state index contributed by atoms with van der Waals surface area (Å²) in [6, 6.07) is 6.02. The van der Waals surface area contributed by atoms with Crippen LogP contribution < -0.4 is 21.1 Å². The molecular weight excluding hydrogens is 330 g/mol. The van der Waals surface area contributed by atoms with Crippen molar-refractivity contribution in [1.82, 2.24) is 5.32 Å². The van der Waals surface area contributed by atoms with Crippen LogP contribution in [0.25, 0.3) is 0 Å². The summed E-state index contributed by atoms with van der Waals surface area (Å²) in [5, 5.41) is 15.1. The molecule has 1 aromatic heterocycles. The first-order chi connectivity index (χ1) is 11.3. The van der Waals surface area contributed by atoms with Gasteiger partial charge >= 0.3 is 6.03 Å². The number of primary amides is 1. The predicted octanol–water partition coefficient (Wildman–Crippen LogP) is 2.75. The minimum absolute atomic E-state index is 0.0689. The number of carbonyl (C=O) groups is 2. The molecule has 128 valence electrons. The van der Waals surface area contributed by atoms with E-state index in [1.165, 1.54) is 13.2 Å². The summed E-state index contributed by atoms with van der Waals surface area (Å²) in [5.74, 6) is -0.338. The van der Waals surface area contributed by atoms with Gasteiger partial charge in [0.2, 0.25) is 0 Å². The third-order valence-corrected chi connectivity index (χ3v) is 4.65. The van der Waals surface area contributed by atoms with Gasteiger partial charge in [-0.25, -0.2) is 4.79 Å². The highest BCUT2D eigenvalue weighted by Crippen LogP contribution is 2.32. The molecule has 7 nitrogen and oxygen atoms in total. The highest BCUT2D eigenvalue weighted by molar-refractivity contribution is 7.14. The van der Waals surface area contributed by atoms with Crippen molar-refractivity contribution >= 4 is 29.0 Å². The summed E-state index contributed by atoms with van der Waals surface area (Å²) in [7, 11) is 1.52. The average Bonchev–Trinajstić information content (AvgIpc) is 2.89. The number of benzene rings is 1. The number of nitrogens with one attached hydrogen (secondary N) is 2. The summed E-state index contributed by atoms with van der Waals surface area (Å²) < 4.78 is 5.21. The van der Waals surface area contributed by atoms with Gasteiger partial charge in [-0.15, -0.1) is 11.3 Å². The van der Waals surface area contributed by atoms with Crippen LogP contribution in [0.1, 0.15) is 33.1 Å². The number of aromatic hydroxyl groups is 1. The number of carbonyl (C=O) groups excluding carboxylic acids is 2. The Hall–Kier alpha value is -2.74. The Morgan fingerprint density at radius 3 is 2.62 bits per heavy atom. The number of rotatable bonds is 5. The van der Waals surface area contributed by atoms with Crippen LogP contribution in [0.3, 0.4) is 0 Å². The molecule has 0 saturated carbocycles. The minimum Gasteiger partial charge on any atom is -0.506 e. The Balaban J connectivity index is 2.08. The van der Waals surface area contributed by atoms with E-state index < -0.39 is 18.0 Å². The van der Waals surface area contributed by atoms with Gasteiger partial charge in [0.25, 0.3) is 5.91 Å². The monoisotopic (exact) mass is 349 g/mol. The molecule has 0 radical (unpaired) electrons. The lowest BCUT2D eigenvalue weighted by Crippen LogP contribution is -2.30. The van der Waals surface area contributed by atoms with Crippen molar-refractivity contribution in [2.75, 3.05) is 12.4 Å². The Morgan fingerprint density at radius 1 is 1.33 bits per heavy atom. The lowest BCUT2D eigenvalue weighted by Gasteiger charge is -2.15. The molecule has 2 aromatic rings. The van der Waals surface area contributed by atoms with Crippen molar-refractivity contribution < 1.29 is 19.4 Å². The maximum absolute atomic E-state index is 12.2. The molecule has 1 aromatic carbocycles. The van der Waals surface area contributed by atoms with Crippen LogP contribution >= 0.6 is 11.3 Å². The zero-order valence-corrected chi connectivity index (χ0v) is 14.4. The predicted molar refractivity (Wildman–Crippen MR) is 92.8 cm³/mol. The standard InChI is InChI=1S/C16H19N3O4S/c1-8-4-5-12(23-3)10(6-8)19-16(22)18-9(2)13-7-11(20)14(24-13)15(17)21/h4-7,9,20H,1-3H3,(H2,17,21)(H2,18,19,22). The van der Waals surface area contributed by atoms with Gasteiger partial charge in [0.1, 0.15) is 16.4 Å². The summed E-state index contributed by atoms with van der Waals surface area (Å²) in [4.78, 5) is 24.0. The number of amides is 3. The van der Waals surface area contributed by atoms with E-state index in [1.54, 1.807) is 19.1 Å². The van der Waals surface area contributed by atoms with Gasteiger partial charge in [-0.3, -0.25) is 4.79 Å². The number of urea groups is 1. The lowest BCUT2D eigenvalue weighted by atomic mass is 10.2. The van der Waals surface area contributed by atoms with Gasteiger partial charge in [0.15, 0.2) is 0 Å². The quantitative estimate of drug-likeness (QED) is 0.664. The van der Waals surface area contributed by atoms with Gasteiger partial charge in [-0.05, 0) is 37.6 Å². The zero-order valence-electron chi connectivity index (χ0n) is 13.5. The number of anilines is 1. The summed E-state index contributed by atoms with van der Waals surface area (Å²) in [5.41, 5.74) is 6.71. The molecule has 3 amide bonds. The van der Waals surface area contributed by atoms with Crippen molar-refractivity contribution in [3.05, 3.63) is 39.6 Å². The summed E-state index contributed by atoms with van der Waals surface area (Å²) in [6.45, 7) is 3.65. The van der Waals surface area contributed by atoms with Gasteiger partial charge in [-0.1, -0.05) is 6.07 Å². The molecule has 0 fully saturated rings. The Kier molecular flexibility index (Phi) is 5.30. The molecule has 0 aliphatic heterocycles. The fourth-order valence-corrected chi connectivity index (χ4v) is 3.04. The highest BCUT2D eigenvalue weighted by Gasteiger charge is 2.18. The smallest absolute Gasteiger partial charge is 0.319 e. The topological polar surface area (TPSA) is 114 Å². The molecule has 0 aliphatic rings. The van der Waals surface area contributed by atoms with E-state index in [0.717, 1.165) is 16.9 Å². The molecule has 8 heteroatoms. The lowest BCUT2D eigenvalue weighted by molar-refractivity contribution is 0.100. The number of thiophene rings is 1. The number of hydrogen-bond acceptors (Lipinski definition) is 5. The number of nitrogens with two attached hydrogens (primary N) is 1. The highest BCUT2D eigenvalue weighted by atomic mass is 32.1. The second kappa shape index (κ2) is 7.22. The molecule has 0 saturated heterocycles. The van der Waals surface area contributed by atoms with Gasteiger partial charge in [-0.2, -0.15) is 0 Å². The SMILES string of the molecule is COc1ccc(C)cc1NC(=O)NC(C)c1cc(O)c(C(N)=O)s1. The van der Waals surface area contributed by atoms with E-state index in [4.69, 9.17) is 10.5 Å². The van der Waals surface area contributed by atoms with Crippen molar-refractivity contribution in [1.29, 1.82) is 0 Å². The van der Waals surface area contributed by atoms with Crippen LogP contribution in [0.2, 0.25) is 0 Å². The zero-order chi connectivity index (χ0) is 17.9. The molecule has 5 N–H and O–H groups in total. The van der Waals surface area contributed by atoms with Crippen LogP contribution in [0.5, 0.6) is 11.5 Å². The van der Waals surface area contributed by atoms with Gasteiger partial charge < -0.3 is 26.2 Å². The second-order valence-corrected chi connectivity index (χ2v) is 6.34. The van der Waals surface area contributed by atoms with Crippen LogP contribution in [-0.4, -0.2) is 24.2 Å². The molecule has 2 rings (SSSR count). The van der Waals surface area contributed by atoms with Crippen LogP contribution in [-0.2, 0) is 0 Å². The number of methoxy groups -OCH3 is 1. The molecule has 1 unspecified atom stereocenters. The minimum atomic E-state index is -0.704. The van der Waals surface area contributed by atoms with E-state index in [2.05, 4.69) is 10.6 Å². The third-order valence-electron chi connectivity index (χ3n) is 3.33. The molecule has 0 spiro atoms. The summed E-state index contributed by atoms with van der Waals surface area (Å²) in [6.07, 6.45) is 0. The average molecular weight is 349 g/mol. The molecule has 1 atom stereocenters. The van der Waals surface area contributed by atoms with E-state index in [-0.39, 0.29) is 10.6 Å². The van der Waals surface area contributed by atoms with Gasteiger partial charge in [0.05, 0.1) is 18.8 Å². The van der Waals surface area contributed by atoms with E-state index >= 15 is 0 Å². The Bertz CT molecular complexity index is 773. The van der Waals surface area contributed by atoms with E-state index in [9.17, 15) is 14.7 Å².